The van der Waals surface area contributed by atoms with Crippen LogP contribution >= 0.6 is 11.3 Å². The van der Waals surface area contributed by atoms with Gasteiger partial charge in [0.15, 0.2) is 0 Å². The maximum Gasteiger partial charge on any atom is 0.228 e. The molecule has 1 saturated carbocycles. The molecule has 2 N–H and O–H groups in total. The van der Waals surface area contributed by atoms with Crippen molar-refractivity contribution in [1.82, 2.24) is 0 Å². The molecule has 3 atom stereocenters. The molecule has 0 saturated heterocycles. The SMILES string of the molecule is COc1ccccc1C1CC1C(=O)Nc1sc2c(c1C#N)CCC(CO)C2. The smallest absolute Gasteiger partial charge is 0.228 e. The Labute approximate surface area is 162 Å². The monoisotopic (exact) mass is 382 g/mol. The molecule has 27 heavy (non-hydrogen) atoms. The van der Waals surface area contributed by atoms with E-state index in [0.29, 0.717) is 10.6 Å². The van der Waals surface area contributed by atoms with Gasteiger partial charge in [0.2, 0.25) is 5.91 Å². The van der Waals surface area contributed by atoms with Crippen LogP contribution in [0.5, 0.6) is 5.75 Å². The van der Waals surface area contributed by atoms with Crippen LogP contribution in [-0.4, -0.2) is 24.7 Å². The zero-order valence-electron chi connectivity index (χ0n) is 15.2. The first kappa shape index (κ1) is 18.0. The van der Waals surface area contributed by atoms with Crippen LogP contribution in [0.25, 0.3) is 0 Å². The lowest BCUT2D eigenvalue weighted by molar-refractivity contribution is -0.117. The minimum atomic E-state index is -0.0860. The number of benzene rings is 1. The van der Waals surface area contributed by atoms with Crippen molar-refractivity contribution in [3.05, 3.63) is 45.8 Å². The Morgan fingerprint density at radius 2 is 2.26 bits per heavy atom. The third-order valence-corrected chi connectivity index (χ3v) is 6.81. The van der Waals surface area contributed by atoms with Gasteiger partial charge in [-0.15, -0.1) is 11.3 Å². The summed E-state index contributed by atoms with van der Waals surface area (Å²) in [6.45, 7) is 0.170. The Balaban J connectivity index is 1.50. The predicted molar refractivity (Wildman–Crippen MR) is 104 cm³/mol. The topological polar surface area (TPSA) is 82.3 Å². The van der Waals surface area contributed by atoms with Gasteiger partial charge in [-0.1, -0.05) is 18.2 Å². The number of para-hydroxylation sites is 1. The maximum atomic E-state index is 12.8. The van der Waals surface area contributed by atoms with E-state index in [-0.39, 0.29) is 30.3 Å². The Morgan fingerprint density at radius 1 is 1.44 bits per heavy atom. The van der Waals surface area contributed by atoms with Crippen molar-refractivity contribution >= 4 is 22.2 Å². The molecule has 4 rings (SSSR count). The summed E-state index contributed by atoms with van der Waals surface area (Å²) >= 11 is 1.49. The zero-order valence-corrected chi connectivity index (χ0v) is 16.0. The lowest BCUT2D eigenvalue weighted by Crippen LogP contribution is -2.16. The number of rotatable bonds is 5. The number of nitrogens with zero attached hydrogens (tertiary/aromatic N) is 1. The van der Waals surface area contributed by atoms with Gasteiger partial charge in [0, 0.05) is 17.4 Å². The third-order valence-electron chi connectivity index (χ3n) is 5.64. The van der Waals surface area contributed by atoms with E-state index >= 15 is 0 Å². The third kappa shape index (κ3) is 3.33. The molecule has 1 heterocycles. The summed E-state index contributed by atoms with van der Waals surface area (Å²) in [6.07, 6.45) is 3.27. The van der Waals surface area contributed by atoms with E-state index in [9.17, 15) is 15.2 Å². The van der Waals surface area contributed by atoms with E-state index in [4.69, 9.17) is 4.74 Å². The molecule has 2 aliphatic carbocycles. The van der Waals surface area contributed by atoms with Gasteiger partial charge in [0.1, 0.15) is 16.8 Å². The Morgan fingerprint density at radius 3 is 3.00 bits per heavy atom. The van der Waals surface area contributed by atoms with Crippen LogP contribution in [0.3, 0.4) is 0 Å². The number of nitrogens with one attached hydrogen (secondary N) is 1. The average molecular weight is 382 g/mol. The number of hydrogen-bond donors (Lipinski definition) is 2. The summed E-state index contributed by atoms with van der Waals surface area (Å²) in [6, 6.07) is 10.1. The van der Waals surface area contributed by atoms with E-state index < -0.39 is 0 Å². The molecule has 0 aliphatic heterocycles. The van der Waals surface area contributed by atoms with Crippen LogP contribution in [0.1, 0.15) is 40.3 Å². The highest BCUT2D eigenvalue weighted by molar-refractivity contribution is 7.16. The number of aliphatic hydroxyl groups is 1. The zero-order chi connectivity index (χ0) is 19.0. The number of fused-ring (bicyclic) bond motifs is 1. The van der Waals surface area contributed by atoms with Gasteiger partial charge in [-0.05, 0) is 54.7 Å². The minimum absolute atomic E-state index is 0.0280. The summed E-state index contributed by atoms with van der Waals surface area (Å²) in [4.78, 5) is 13.9. The van der Waals surface area contributed by atoms with Crippen molar-refractivity contribution in [2.24, 2.45) is 11.8 Å². The van der Waals surface area contributed by atoms with Crippen LogP contribution in [0.4, 0.5) is 5.00 Å². The van der Waals surface area contributed by atoms with Crippen LogP contribution in [0, 0.1) is 23.2 Å². The highest BCUT2D eigenvalue weighted by Gasteiger charge is 2.45. The molecule has 1 amide bonds. The number of thiophene rings is 1. The number of carbonyl (C=O) groups is 1. The van der Waals surface area contributed by atoms with Crippen molar-refractivity contribution in [3.63, 3.8) is 0 Å². The molecule has 3 unspecified atom stereocenters. The van der Waals surface area contributed by atoms with Crippen LogP contribution in [-0.2, 0) is 17.6 Å². The molecule has 140 valence electrons. The maximum absolute atomic E-state index is 12.8. The van der Waals surface area contributed by atoms with Crippen LogP contribution < -0.4 is 10.1 Å². The second-order valence-corrected chi connectivity index (χ2v) is 8.40. The van der Waals surface area contributed by atoms with Crippen molar-refractivity contribution < 1.29 is 14.6 Å². The largest absolute Gasteiger partial charge is 0.496 e. The molecule has 1 aromatic carbocycles. The predicted octanol–water partition coefficient (Wildman–Crippen LogP) is 3.47. The van der Waals surface area contributed by atoms with E-state index in [2.05, 4.69) is 11.4 Å². The minimum Gasteiger partial charge on any atom is -0.496 e. The van der Waals surface area contributed by atoms with Gasteiger partial charge in [0.25, 0.3) is 0 Å². The molecule has 0 bridgehead atoms. The van der Waals surface area contributed by atoms with Gasteiger partial charge in [-0.25, -0.2) is 0 Å². The second-order valence-electron chi connectivity index (χ2n) is 7.29. The number of ether oxygens (including phenoxy) is 1. The van der Waals surface area contributed by atoms with Gasteiger partial charge in [-0.2, -0.15) is 5.26 Å². The van der Waals surface area contributed by atoms with Crippen LogP contribution in [0.15, 0.2) is 24.3 Å². The number of amides is 1. The van der Waals surface area contributed by atoms with E-state index in [1.54, 1.807) is 7.11 Å². The Bertz CT molecular complexity index is 915. The van der Waals surface area contributed by atoms with Crippen molar-refractivity contribution in [3.8, 4) is 11.8 Å². The Hall–Kier alpha value is -2.36. The number of hydrogen-bond acceptors (Lipinski definition) is 5. The number of methoxy groups -OCH3 is 1. The quantitative estimate of drug-likeness (QED) is 0.830. The number of carbonyl (C=O) groups excluding carboxylic acids is 1. The molecule has 5 nitrogen and oxygen atoms in total. The lowest BCUT2D eigenvalue weighted by atomic mass is 9.88. The second kappa shape index (κ2) is 7.34. The van der Waals surface area contributed by atoms with Crippen molar-refractivity contribution in [2.45, 2.75) is 31.6 Å². The number of anilines is 1. The first-order valence-corrected chi connectivity index (χ1v) is 10.1. The average Bonchev–Trinajstić information content (AvgIpc) is 3.43. The van der Waals surface area contributed by atoms with Gasteiger partial charge in [-0.3, -0.25) is 4.79 Å². The Kier molecular flexibility index (Phi) is 4.90. The molecule has 2 aliphatic rings. The highest BCUT2D eigenvalue weighted by Crippen LogP contribution is 2.51. The molecule has 0 radical (unpaired) electrons. The summed E-state index contributed by atoms with van der Waals surface area (Å²) in [5.41, 5.74) is 2.73. The summed E-state index contributed by atoms with van der Waals surface area (Å²) in [5.74, 6) is 1.12. The fraction of sp³-hybridized carbons (Fsp3) is 0.429. The van der Waals surface area contributed by atoms with E-state index in [1.165, 1.54) is 11.3 Å². The highest BCUT2D eigenvalue weighted by atomic mass is 32.1. The number of nitriles is 1. The molecular formula is C21H22N2O3S. The molecule has 1 aromatic heterocycles. The van der Waals surface area contributed by atoms with Crippen LogP contribution in [0.2, 0.25) is 0 Å². The van der Waals surface area contributed by atoms with Crippen molar-refractivity contribution in [2.75, 3.05) is 19.0 Å². The normalized spacial score (nSPS) is 23.2. The fourth-order valence-corrected chi connectivity index (χ4v) is 5.34. The first-order chi connectivity index (χ1) is 13.2. The molecular weight excluding hydrogens is 360 g/mol. The summed E-state index contributed by atoms with van der Waals surface area (Å²) in [7, 11) is 1.64. The van der Waals surface area contributed by atoms with Gasteiger partial charge in [0.05, 0.1) is 12.7 Å². The summed E-state index contributed by atoms with van der Waals surface area (Å²) in [5, 5.41) is 22.7. The lowest BCUT2D eigenvalue weighted by Gasteiger charge is -2.19. The molecule has 2 aromatic rings. The number of aliphatic hydroxyl groups excluding tert-OH is 1. The molecule has 0 spiro atoms. The fourth-order valence-electron chi connectivity index (χ4n) is 4.02. The van der Waals surface area contributed by atoms with Crippen molar-refractivity contribution in [1.29, 1.82) is 5.26 Å². The van der Waals surface area contributed by atoms with E-state index in [1.807, 2.05) is 24.3 Å². The van der Waals surface area contributed by atoms with E-state index in [0.717, 1.165) is 47.4 Å². The molecule has 6 heteroatoms. The van der Waals surface area contributed by atoms with Gasteiger partial charge >= 0.3 is 0 Å². The molecule has 1 fully saturated rings. The first-order valence-electron chi connectivity index (χ1n) is 9.25. The van der Waals surface area contributed by atoms with Gasteiger partial charge < -0.3 is 15.2 Å². The summed E-state index contributed by atoms with van der Waals surface area (Å²) < 4.78 is 5.41. The standard InChI is InChI=1S/C21H22N2O3S/c1-26-18-5-3-2-4-13(18)15-9-16(15)20(25)23-21-17(10-22)14-7-6-12(11-24)8-19(14)27-21/h2-5,12,15-16,24H,6-9,11H2,1H3,(H,23,25).